The highest BCUT2D eigenvalue weighted by atomic mass is 32.1. The Morgan fingerprint density at radius 3 is 2.92 bits per heavy atom. The van der Waals surface area contributed by atoms with Gasteiger partial charge in [-0.3, -0.25) is 0 Å². The summed E-state index contributed by atoms with van der Waals surface area (Å²) in [7, 11) is 0. The van der Waals surface area contributed by atoms with E-state index >= 15 is 0 Å². The molecule has 5 heteroatoms. The molecule has 2 heterocycles. The summed E-state index contributed by atoms with van der Waals surface area (Å²) in [5, 5.41) is 1.02. The van der Waals surface area contributed by atoms with E-state index in [0.717, 1.165) is 17.1 Å². The largest absolute Gasteiger partial charge is 0.367 e. The quantitative estimate of drug-likeness (QED) is 0.731. The minimum absolute atomic E-state index is 0.419. The van der Waals surface area contributed by atoms with Crippen LogP contribution >= 0.6 is 11.5 Å². The molecule has 70 valence electrons. The molecular weight excluding hydrogens is 184 g/mol. The number of piperidine rings is 1. The first kappa shape index (κ1) is 7.55. The maximum Gasteiger partial charge on any atom is 0.233 e. The molecule has 2 fully saturated rings. The molecule has 4 nitrogen and oxygen atoms in total. The predicted molar refractivity (Wildman–Crippen MR) is 52.8 cm³/mol. The maximum atomic E-state index is 5.51. The van der Waals surface area contributed by atoms with Crippen molar-refractivity contribution in [2.45, 2.75) is 25.3 Å². The molecule has 0 spiro atoms. The fourth-order valence-electron chi connectivity index (χ4n) is 2.50. The van der Waals surface area contributed by atoms with Gasteiger partial charge < -0.3 is 10.6 Å². The van der Waals surface area contributed by atoms with Gasteiger partial charge in [0.15, 0.2) is 0 Å². The number of anilines is 2. The Kier molecular flexibility index (Phi) is 1.49. The van der Waals surface area contributed by atoms with Crippen LogP contribution in [0.5, 0.6) is 0 Å². The average molecular weight is 196 g/mol. The Morgan fingerprint density at radius 2 is 2.38 bits per heavy atom. The van der Waals surface area contributed by atoms with E-state index < -0.39 is 0 Å². The topological polar surface area (TPSA) is 55.0 Å². The molecule has 0 radical (unpaired) electrons. The van der Waals surface area contributed by atoms with Gasteiger partial charge in [-0.2, -0.15) is 9.36 Å². The highest BCUT2D eigenvalue weighted by Gasteiger charge is 2.39. The Morgan fingerprint density at radius 1 is 1.46 bits per heavy atom. The van der Waals surface area contributed by atoms with Crippen molar-refractivity contribution in [2.75, 3.05) is 17.2 Å². The summed E-state index contributed by atoms with van der Waals surface area (Å²) in [6.45, 7) is 1.17. The molecule has 2 N–H and O–H groups in total. The summed E-state index contributed by atoms with van der Waals surface area (Å²) in [6, 6.07) is 0.720. The van der Waals surface area contributed by atoms with Crippen molar-refractivity contribution in [3.8, 4) is 0 Å². The van der Waals surface area contributed by atoms with Gasteiger partial charge in [-0.25, -0.2) is 0 Å². The van der Waals surface area contributed by atoms with Crippen LogP contribution < -0.4 is 10.6 Å². The molecule has 1 saturated heterocycles. The first-order valence-corrected chi connectivity index (χ1v) is 5.46. The summed E-state index contributed by atoms with van der Waals surface area (Å²) < 4.78 is 4.01. The van der Waals surface area contributed by atoms with Gasteiger partial charge in [-0.05, 0) is 25.2 Å². The number of rotatable bonds is 1. The van der Waals surface area contributed by atoms with Crippen LogP contribution in [0.3, 0.4) is 0 Å². The van der Waals surface area contributed by atoms with E-state index in [2.05, 4.69) is 14.3 Å². The van der Waals surface area contributed by atoms with Gasteiger partial charge >= 0.3 is 0 Å². The summed E-state index contributed by atoms with van der Waals surface area (Å²) in [5.74, 6) is 1.32. The lowest BCUT2D eigenvalue weighted by atomic mass is 10.1. The minimum atomic E-state index is 0.419. The third-order valence-corrected chi connectivity index (χ3v) is 3.85. The zero-order valence-corrected chi connectivity index (χ0v) is 8.13. The second kappa shape index (κ2) is 2.57. The molecule has 1 aliphatic carbocycles. The second-order valence-corrected chi connectivity index (χ2v) is 4.65. The van der Waals surface area contributed by atoms with E-state index in [1.807, 2.05) is 0 Å². The first-order valence-electron chi connectivity index (χ1n) is 4.69. The van der Waals surface area contributed by atoms with E-state index in [1.54, 1.807) is 0 Å². The number of nitrogens with two attached hydrogens (primary N) is 1. The van der Waals surface area contributed by atoms with Crippen LogP contribution in [-0.2, 0) is 0 Å². The van der Waals surface area contributed by atoms with Gasteiger partial charge in [-0.1, -0.05) is 0 Å². The zero-order chi connectivity index (χ0) is 8.84. The molecule has 0 aromatic carbocycles. The van der Waals surface area contributed by atoms with Gasteiger partial charge in [0.2, 0.25) is 11.1 Å². The Hall–Kier alpha value is -0.840. The summed E-state index contributed by atoms with van der Waals surface area (Å²) >= 11 is 1.43. The lowest BCUT2D eigenvalue weighted by Gasteiger charge is -2.25. The van der Waals surface area contributed by atoms with Crippen molar-refractivity contribution in [3.05, 3.63) is 0 Å². The predicted octanol–water partition coefficient (Wildman–Crippen LogP) is 1.11. The summed E-state index contributed by atoms with van der Waals surface area (Å²) in [6.07, 6.45) is 4.07. The molecule has 1 aliphatic heterocycles. The Bertz CT molecular complexity index is 324. The van der Waals surface area contributed by atoms with Crippen molar-refractivity contribution in [1.82, 2.24) is 9.36 Å². The average Bonchev–Trinajstić information content (AvgIpc) is 2.77. The highest BCUT2D eigenvalue weighted by Crippen LogP contribution is 2.40. The fraction of sp³-hybridized carbons (Fsp3) is 0.750. The fourth-order valence-corrected chi connectivity index (χ4v) is 3.18. The van der Waals surface area contributed by atoms with E-state index in [0.29, 0.717) is 5.95 Å². The summed E-state index contributed by atoms with van der Waals surface area (Å²) in [4.78, 5) is 6.60. The standard InChI is InChI=1S/C8H12N4S/c9-7-10-8(13-11-7)12-4-5-1-2-6(12)3-5/h5-6H,1-4H2,(H2,9,11). The van der Waals surface area contributed by atoms with Gasteiger partial charge in [0, 0.05) is 24.1 Å². The van der Waals surface area contributed by atoms with Crippen LogP contribution in [0.2, 0.25) is 0 Å². The van der Waals surface area contributed by atoms with Crippen LogP contribution in [0.25, 0.3) is 0 Å². The number of nitrogens with zero attached hydrogens (tertiary/aromatic N) is 3. The molecule has 2 aliphatic rings. The summed E-state index contributed by atoms with van der Waals surface area (Å²) in [5.41, 5.74) is 5.51. The van der Waals surface area contributed by atoms with Crippen molar-refractivity contribution in [3.63, 3.8) is 0 Å². The first-order chi connectivity index (χ1) is 6.33. The number of aromatic nitrogens is 2. The normalized spacial score (nSPS) is 31.5. The molecule has 3 rings (SSSR count). The molecular formula is C8H12N4S. The van der Waals surface area contributed by atoms with E-state index in [9.17, 15) is 0 Å². The van der Waals surface area contributed by atoms with Crippen LogP contribution in [0.1, 0.15) is 19.3 Å². The lowest BCUT2D eigenvalue weighted by molar-refractivity contribution is 0.553. The maximum absolute atomic E-state index is 5.51. The SMILES string of the molecule is Nc1nsc(N2CC3CCC2C3)n1. The van der Waals surface area contributed by atoms with Crippen LogP contribution in [0.15, 0.2) is 0 Å². The highest BCUT2D eigenvalue weighted by molar-refractivity contribution is 7.09. The monoisotopic (exact) mass is 196 g/mol. The van der Waals surface area contributed by atoms with E-state index in [-0.39, 0.29) is 0 Å². The van der Waals surface area contributed by atoms with Crippen LogP contribution in [-0.4, -0.2) is 21.9 Å². The van der Waals surface area contributed by atoms with E-state index in [4.69, 9.17) is 5.73 Å². The molecule has 1 saturated carbocycles. The van der Waals surface area contributed by atoms with Gasteiger partial charge in [0.25, 0.3) is 0 Å². The van der Waals surface area contributed by atoms with E-state index in [1.165, 1.54) is 37.3 Å². The van der Waals surface area contributed by atoms with Gasteiger partial charge in [0.05, 0.1) is 0 Å². The van der Waals surface area contributed by atoms with Crippen LogP contribution in [0, 0.1) is 5.92 Å². The number of fused-ring (bicyclic) bond motifs is 2. The third kappa shape index (κ3) is 1.10. The molecule has 1 aromatic rings. The van der Waals surface area contributed by atoms with Crippen molar-refractivity contribution in [2.24, 2.45) is 5.92 Å². The Labute approximate surface area is 80.9 Å². The van der Waals surface area contributed by atoms with Crippen LogP contribution in [0.4, 0.5) is 11.1 Å². The second-order valence-electron chi connectivity index (χ2n) is 3.92. The zero-order valence-electron chi connectivity index (χ0n) is 7.31. The number of hydrogen-bond donors (Lipinski definition) is 1. The number of nitrogen functional groups attached to an aromatic ring is 1. The number of hydrogen-bond acceptors (Lipinski definition) is 5. The van der Waals surface area contributed by atoms with Gasteiger partial charge in [-0.15, -0.1) is 0 Å². The third-order valence-electron chi connectivity index (χ3n) is 3.09. The molecule has 2 atom stereocenters. The molecule has 13 heavy (non-hydrogen) atoms. The van der Waals surface area contributed by atoms with Gasteiger partial charge in [0.1, 0.15) is 0 Å². The minimum Gasteiger partial charge on any atom is -0.367 e. The molecule has 0 amide bonds. The smallest absolute Gasteiger partial charge is 0.233 e. The van der Waals surface area contributed by atoms with Crippen molar-refractivity contribution >= 4 is 22.6 Å². The Balaban J connectivity index is 1.87. The van der Waals surface area contributed by atoms with Crippen molar-refractivity contribution in [1.29, 1.82) is 0 Å². The molecule has 2 bridgehead atoms. The lowest BCUT2D eigenvalue weighted by Crippen LogP contribution is -2.31. The molecule has 2 unspecified atom stereocenters. The molecule has 1 aromatic heterocycles. The van der Waals surface area contributed by atoms with Crippen molar-refractivity contribution < 1.29 is 0 Å².